The SMILES string of the molecule is CCc1ccc(-c2[c-]c(-c3cccc4c3nc(-c3ccccc3O)n4-c3ccc(C(C)(C)C)cc3)ccc2)c2ncccc12.[Pt]. The Hall–Kier alpha value is -4.53. The molecule has 7 rings (SSSR count). The number of phenols is 1. The molecule has 5 heteroatoms. The van der Waals surface area contributed by atoms with Crippen molar-refractivity contribution in [2.24, 2.45) is 0 Å². The smallest absolute Gasteiger partial charge is 0.148 e. The van der Waals surface area contributed by atoms with Crippen molar-refractivity contribution < 1.29 is 26.2 Å². The monoisotopic (exact) mass is 767 g/mol. The summed E-state index contributed by atoms with van der Waals surface area (Å²) >= 11 is 0. The zero-order chi connectivity index (χ0) is 30.4. The minimum Gasteiger partial charge on any atom is -0.507 e. The molecule has 7 aromatic rings. The third-order valence-electron chi connectivity index (χ3n) is 8.44. The van der Waals surface area contributed by atoms with Crippen molar-refractivity contribution in [3.05, 3.63) is 133 Å². The molecular weight excluding hydrogens is 734 g/mol. The maximum absolute atomic E-state index is 10.9. The normalized spacial score (nSPS) is 11.6. The molecule has 0 aliphatic heterocycles. The third-order valence-corrected chi connectivity index (χ3v) is 8.44. The summed E-state index contributed by atoms with van der Waals surface area (Å²) in [7, 11) is 0. The first-order valence-corrected chi connectivity index (χ1v) is 15.1. The molecule has 0 atom stereocenters. The van der Waals surface area contributed by atoms with Crippen LogP contribution in [-0.4, -0.2) is 19.6 Å². The largest absolute Gasteiger partial charge is 0.507 e. The molecule has 2 aromatic heterocycles. The first kappa shape index (κ1) is 30.5. The molecule has 5 aromatic carbocycles. The van der Waals surface area contributed by atoms with Crippen LogP contribution in [0.25, 0.3) is 61.3 Å². The molecule has 0 saturated carbocycles. The first-order chi connectivity index (χ1) is 21.3. The van der Waals surface area contributed by atoms with E-state index in [4.69, 9.17) is 9.97 Å². The van der Waals surface area contributed by atoms with Crippen LogP contribution < -0.4 is 0 Å². The summed E-state index contributed by atoms with van der Waals surface area (Å²) in [5.74, 6) is 0.885. The van der Waals surface area contributed by atoms with Gasteiger partial charge < -0.3 is 5.11 Å². The second-order valence-electron chi connectivity index (χ2n) is 12.3. The van der Waals surface area contributed by atoms with E-state index in [0.29, 0.717) is 11.4 Å². The topological polar surface area (TPSA) is 50.9 Å². The Morgan fingerprint density at radius 1 is 0.711 bits per heavy atom. The number of aromatic hydroxyl groups is 1. The Morgan fingerprint density at radius 3 is 2.11 bits per heavy atom. The van der Waals surface area contributed by atoms with Gasteiger partial charge in [-0.2, -0.15) is 0 Å². The summed E-state index contributed by atoms with van der Waals surface area (Å²) in [6, 6.07) is 40.8. The number of aryl methyl sites for hydroxylation is 1. The van der Waals surface area contributed by atoms with Gasteiger partial charge in [-0.15, -0.1) is 35.4 Å². The van der Waals surface area contributed by atoms with Crippen LogP contribution in [0.4, 0.5) is 0 Å². The van der Waals surface area contributed by atoms with E-state index in [2.05, 4.69) is 117 Å². The van der Waals surface area contributed by atoms with Crippen molar-refractivity contribution in [1.82, 2.24) is 14.5 Å². The van der Waals surface area contributed by atoms with Gasteiger partial charge in [0.1, 0.15) is 11.6 Å². The number of pyridine rings is 1. The van der Waals surface area contributed by atoms with E-state index in [-0.39, 0.29) is 32.2 Å². The van der Waals surface area contributed by atoms with Gasteiger partial charge in [0.2, 0.25) is 0 Å². The molecular formula is C40H34N3OPt-. The maximum atomic E-state index is 10.9. The number of phenolic OH excluding ortho intramolecular Hbond substituents is 1. The number of fused-ring (bicyclic) bond motifs is 2. The molecule has 0 aliphatic carbocycles. The van der Waals surface area contributed by atoms with E-state index in [9.17, 15) is 5.11 Å². The molecule has 0 saturated heterocycles. The van der Waals surface area contributed by atoms with Gasteiger partial charge in [0, 0.05) is 38.5 Å². The fourth-order valence-electron chi connectivity index (χ4n) is 6.07. The number of aromatic nitrogens is 3. The van der Waals surface area contributed by atoms with Crippen LogP contribution in [-0.2, 0) is 32.9 Å². The maximum Gasteiger partial charge on any atom is 0.148 e. The summed E-state index contributed by atoms with van der Waals surface area (Å²) < 4.78 is 2.14. The van der Waals surface area contributed by atoms with E-state index in [1.807, 2.05) is 30.5 Å². The molecule has 226 valence electrons. The molecule has 0 amide bonds. The minimum atomic E-state index is 0. The van der Waals surface area contributed by atoms with Crippen molar-refractivity contribution in [3.63, 3.8) is 0 Å². The summed E-state index contributed by atoms with van der Waals surface area (Å²) in [6.07, 6.45) is 2.81. The summed E-state index contributed by atoms with van der Waals surface area (Å²) in [5.41, 5.74) is 11.0. The van der Waals surface area contributed by atoms with Crippen LogP contribution in [0.3, 0.4) is 0 Å². The van der Waals surface area contributed by atoms with Crippen molar-refractivity contribution in [2.75, 3.05) is 0 Å². The summed E-state index contributed by atoms with van der Waals surface area (Å²) in [5, 5.41) is 12.1. The number of para-hydroxylation sites is 2. The molecule has 0 spiro atoms. The van der Waals surface area contributed by atoms with E-state index in [1.165, 1.54) is 16.5 Å². The van der Waals surface area contributed by atoms with Crippen LogP contribution in [0, 0.1) is 6.07 Å². The first-order valence-electron chi connectivity index (χ1n) is 15.1. The minimum absolute atomic E-state index is 0. The van der Waals surface area contributed by atoms with Crippen LogP contribution in [0.1, 0.15) is 38.8 Å². The Morgan fingerprint density at radius 2 is 1.40 bits per heavy atom. The van der Waals surface area contributed by atoms with Gasteiger partial charge in [0.05, 0.1) is 16.6 Å². The quantitative estimate of drug-likeness (QED) is 0.178. The Kier molecular flexibility index (Phi) is 8.20. The number of benzene rings is 5. The molecule has 0 fully saturated rings. The summed E-state index contributed by atoms with van der Waals surface area (Å²) in [6.45, 7) is 8.83. The standard InChI is InChI=1S/C40H34N3O.Pt/c1-5-26-18-23-33(37-31(26)15-10-24-41-37)28-12-8-11-27(25-28)32-14-9-16-35-38(32)42-39(34-13-6-7-17-36(34)44)43(35)30-21-19-29(20-22-30)40(2,3)4;/h6-24,44H,5H2,1-4H3;/q-1;. The molecule has 0 bridgehead atoms. The van der Waals surface area contributed by atoms with Gasteiger partial charge in [-0.05, 0) is 64.7 Å². The fourth-order valence-corrected chi connectivity index (χ4v) is 6.07. The van der Waals surface area contributed by atoms with Gasteiger partial charge in [-0.3, -0.25) is 9.55 Å². The van der Waals surface area contributed by atoms with Crippen molar-refractivity contribution in [1.29, 1.82) is 0 Å². The predicted molar refractivity (Wildman–Crippen MR) is 181 cm³/mol. The van der Waals surface area contributed by atoms with Crippen molar-refractivity contribution >= 4 is 21.9 Å². The van der Waals surface area contributed by atoms with Gasteiger partial charge in [0.25, 0.3) is 0 Å². The number of hydrogen-bond donors (Lipinski definition) is 1. The predicted octanol–water partition coefficient (Wildman–Crippen LogP) is 9.94. The molecule has 0 radical (unpaired) electrons. The molecule has 4 nitrogen and oxygen atoms in total. The Labute approximate surface area is 278 Å². The summed E-state index contributed by atoms with van der Waals surface area (Å²) in [4.78, 5) is 9.98. The zero-order valence-corrected chi connectivity index (χ0v) is 28.1. The third kappa shape index (κ3) is 5.49. The molecule has 2 heterocycles. The van der Waals surface area contributed by atoms with E-state index >= 15 is 0 Å². The zero-order valence-electron chi connectivity index (χ0n) is 25.8. The van der Waals surface area contributed by atoms with Gasteiger partial charge >= 0.3 is 0 Å². The van der Waals surface area contributed by atoms with Crippen LogP contribution in [0.2, 0.25) is 0 Å². The Balaban J connectivity index is 0.00000357. The van der Waals surface area contributed by atoms with Crippen molar-refractivity contribution in [2.45, 2.75) is 39.5 Å². The molecule has 45 heavy (non-hydrogen) atoms. The van der Waals surface area contributed by atoms with Crippen molar-refractivity contribution in [3.8, 4) is 45.1 Å². The van der Waals surface area contributed by atoms with E-state index < -0.39 is 0 Å². The van der Waals surface area contributed by atoms with Gasteiger partial charge in [-0.1, -0.05) is 93.4 Å². The Bertz CT molecular complexity index is 2160. The van der Waals surface area contributed by atoms with Crippen LogP contribution >= 0.6 is 0 Å². The van der Waals surface area contributed by atoms with Crippen LogP contribution in [0.15, 0.2) is 115 Å². The number of nitrogens with zero attached hydrogens (tertiary/aromatic N) is 3. The molecule has 0 aliphatic rings. The average molecular weight is 768 g/mol. The number of imidazole rings is 1. The number of hydrogen-bond acceptors (Lipinski definition) is 3. The average Bonchev–Trinajstić information content (AvgIpc) is 3.43. The van der Waals surface area contributed by atoms with Gasteiger partial charge in [-0.25, -0.2) is 4.98 Å². The van der Waals surface area contributed by atoms with E-state index in [0.717, 1.165) is 50.9 Å². The molecule has 0 unspecified atom stereocenters. The second kappa shape index (κ2) is 12.1. The van der Waals surface area contributed by atoms with E-state index in [1.54, 1.807) is 6.07 Å². The van der Waals surface area contributed by atoms with Gasteiger partial charge in [0.15, 0.2) is 0 Å². The second-order valence-corrected chi connectivity index (χ2v) is 12.3. The fraction of sp³-hybridized carbons (Fsp3) is 0.150. The van der Waals surface area contributed by atoms with Crippen LogP contribution in [0.5, 0.6) is 5.75 Å². The number of rotatable bonds is 5. The molecule has 1 N–H and O–H groups in total.